The summed E-state index contributed by atoms with van der Waals surface area (Å²) < 4.78 is 22.5. The Morgan fingerprint density at radius 1 is 1.26 bits per heavy atom. The Morgan fingerprint density at radius 2 is 1.74 bits per heavy atom. The van der Waals surface area contributed by atoms with Crippen molar-refractivity contribution in [3.8, 4) is 0 Å². The molecule has 0 amide bonds. The minimum atomic E-state index is 0. The molecule has 0 aliphatic heterocycles. The van der Waals surface area contributed by atoms with E-state index in [0.717, 1.165) is 31.3 Å². The Kier molecular flexibility index (Phi) is 30.8. The van der Waals surface area contributed by atoms with Gasteiger partial charge in [0.2, 0.25) is 0 Å². The van der Waals surface area contributed by atoms with Gasteiger partial charge in [-0.15, -0.1) is 0 Å². The number of Topliss-reactive ketones (excluding diaryl/α,β-unsaturated/α-hetero) is 1. The molecule has 0 bridgehead atoms. The molecule has 0 heterocycles. The summed E-state index contributed by atoms with van der Waals surface area (Å²) in [5, 5.41) is 0. The molecule has 1 rings (SSSR count). The van der Waals surface area contributed by atoms with Crippen LogP contribution in [0.2, 0.25) is 0 Å². The molecule has 1 fully saturated rings. The molecule has 104 valence electrons. The quantitative estimate of drug-likeness (QED) is 0.334. The predicted octanol–water partition coefficient (Wildman–Crippen LogP) is 2.76. The van der Waals surface area contributed by atoms with Crippen LogP contribution < -0.4 is 0 Å². The monoisotopic (exact) mass is 304 g/mol. The first-order valence-electron chi connectivity index (χ1n) is 5.15. The van der Waals surface area contributed by atoms with Gasteiger partial charge in [0.15, 0.2) is 0 Å². The second-order valence-corrected chi connectivity index (χ2v) is 3.60. The summed E-state index contributed by atoms with van der Waals surface area (Å²) in [6.45, 7) is 19.3. The maximum atomic E-state index is 11.1. The predicted molar refractivity (Wildman–Crippen MR) is 62.7 cm³/mol. The summed E-state index contributed by atoms with van der Waals surface area (Å²) in [6.07, 6.45) is 7.89. The molecular weight excluding hydrogens is 288 g/mol. The number of carbonyl (C=O) groups excluding carboxylic acids is 1. The molecule has 0 aromatic heterocycles. The first-order chi connectivity index (χ1) is 8.68. The van der Waals surface area contributed by atoms with E-state index in [0.29, 0.717) is 11.7 Å². The molecule has 1 unspecified atom stereocenters. The van der Waals surface area contributed by atoms with Gasteiger partial charge in [0.1, 0.15) is 5.78 Å². The molecule has 0 spiro atoms. The third kappa shape index (κ3) is 19.4. The number of carbonyl (C=O) groups is 1. The van der Waals surface area contributed by atoms with Crippen LogP contribution in [0.1, 0.15) is 32.6 Å². The number of hydrogen-bond donors (Lipinski definition) is 0. The van der Waals surface area contributed by atoms with E-state index in [1.54, 1.807) is 0 Å². The molecule has 19 heavy (non-hydrogen) atoms. The van der Waals surface area contributed by atoms with E-state index in [-0.39, 0.29) is 17.1 Å². The van der Waals surface area contributed by atoms with Crippen LogP contribution in [0.3, 0.4) is 0 Å². The second kappa shape index (κ2) is 22.1. The van der Waals surface area contributed by atoms with E-state index >= 15 is 0 Å². The first kappa shape index (κ1) is 26.5. The second-order valence-electron chi connectivity index (χ2n) is 3.60. The van der Waals surface area contributed by atoms with Gasteiger partial charge in [-0.25, -0.2) is 0 Å². The molecule has 0 N–H and O–H groups in total. The summed E-state index contributed by atoms with van der Waals surface area (Å²) in [6, 6.07) is 0. The molecule has 0 saturated heterocycles. The van der Waals surface area contributed by atoms with Gasteiger partial charge in [-0.1, -0.05) is 24.3 Å². The molecule has 5 heteroatoms. The van der Waals surface area contributed by atoms with Gasteiger partial charge >= 0.3 is 33.9 Å². The van der Waals surface area contributed by atoms with Crippen molar-refractivity contribution in [2.45, 2.75) is 32.6 Å². The number of rotatable bonds is 2. The van der Waals surface area contributed by atoms with Crippen LogP contribution in [-0.4, -0.2) is 5.78 Å². The molecule has 1 aliphatic carbocycles. The Labute approximate surface area is 125 Å². The van der Waals surface area contributed by atoms with Crippen LogP contribution >= 0.6 is 0 Å². The average molecular weight is 304 g/mol. The van der Waals surface area contributed by atoms with Crippen molar-refractivity contribution >= 4 is 5.78 Å². The average Bonchev–Trinajstić information content (AvgIpc) is 2.43. The topological polar surface area (TPSA) is 76.8 Å². The van der Waals surface area contributed by atoms with Gasteiger partial charge in [-0.2, -0.15) is 0 Å². The molecule has 4 nitrogen and oxygen atoms in total. The van der Waals surface area contributed by atoms with Crippen molar-refractivity contribution in [3.63, 3.8) is 0 Å². The molecule has 1 aliphatic rings. The van der Waals surface area contributed by atoms with Crippen molar-refractivity contribution in [3.05, 3.63) is 44.3 Å². The van der Waals surface area contributed by atoms with E-state index in [2.05, 4.69) is 32.6 Å². The summed E-state index contributed by atoms with van der Waals surface area (Å²) in [5.41, 5.74) is 1.06. The fraction of sp³-hybridized carbons (Fsp3) is 0.429. The summed E-state index contributed by atoms with van der Waals surface area (Å²) in [4.78, 5) is 11.1. The zero-order valence-corrected chi connectivity index (χ0v) is 11.9. The van der Waals surface area contributed by atoms with Gasteiger partial charge in [0.05, 0.1) is 0 Å². The molecule has 0 aromatic carbocycles. The Balaban J connectivity index is -0.000000142. The summed E-state index contributed by atoms with van der Waals surface area (Å²) in [7, 11) is 0. The zero-order valence-electron chi connectivity index (χ0n) is 10.8. The third-order valence-corrected chi connectivity index (χ3v) is 2.17. The molecular formula is C14H16FeO4. The Morgan fingerprint density at radius 3 is 2.11 bits per heavy atom. The number of allylic oxidation sites excluding steroid dienone is 3. The van der Waals surface area contributed by atoms with Crippen LogP contribution in [0.25, 0.3) is 0 Å². The van der Waals surface area contributed by atoms with Crippen LogP contribution in [0, 0.1) is 25.9 Å². The Bertz CT molecular complexity index is 312. The van der Waals surface area contributed by atoms with E-state index in [9.17, 15) is 4.79 Å². The van der Waals surface area contributed by atoms with Gasteiger partial charge in [0.25, 0.3) is 0 Å². The fourth-order valence-electron chi connectivity index (χ4n) is 1.52. The van der Waals surface area contributed by atoms with E-state index < -0.39 is 0 Å². The first-order valence-corrected chi connectivity index (χ1v) is 5.15. The van der Waals surface area contributed by atoms with E-state index in [4.69, 9.17) is 14.0 Å². The third-order valence-electron chi connectivity index (χ3n) is 2.17. The van der Waals surface area contributed by atoms with E-state index in [1.807, 2.05) is 13.0 Å². The fourth-order valence-corrected chi connectivity index (χ4v) is 1.52. The Hall–Kier alpha value is -1.11. The standard InChI is InChI=1S/C11H16O.3CO.Fe/c1-9(2)6-7-10-4-3-5-11(12)8-10;3*1-2;/h6-7,10H,1,3-5,8H2,2H3;;;;/b7-6+;;;;. The van der Waals surface area contributed by atoms with Crippen molar-refractivity contribution in [2.24, 2.45) is 5.92 Å². The maximum Gasteiger partial charge on any atom is 0 e. The van der Waals surface area contributed by atoms with Crippen LogP contribution in [0.4, 0.5) is 0 Å². The molecule has 1 atom stereocenters. The van der Waals surface area contributed by atoms with Crippen molar-refractivity contribution in [1.29, 1.82) is 0 Å². The molecule has 0 aromatic rings. The number of ketones is 1. The van der Waals surface area contributed by atoms with Crippen molar-refractivity contribution in [1.82, 2.24) is 0 Å². The van der Waals surface area contributed by atoms with Gasteiger partial charge in [-0.05, 0) is 25.7 Å². The van der Waals surface area contributed by atoms with Crippen molar-refractivity contribution in [2.75, 3.05) is 0 Å². The largest absolute Gasteiger partial charge is 0 e. The van der Waals surface area contributed by atoms with Crippen molar-refractivity contribution < 1.29 is 35.8 Å². The van der Waals surface area contributed by atoms with Crippen LogP contribution in [0.15, 0.2) is 24.3 Å². The summed E-state index contributed by atoms with van der Waals surface area (Å²) >= 11 is 0. The van der Waals surface area contributed by atoms with Crippen LogP contribution in [0.5, 0.6) is 0 Å². The minimum Gasteiger partial charge on any atom is 0 e. The van der Waals surface area contributed by atoms with Gasteiger partial charge in [-0.3, -0.25) is 4.79 Å². The van der Waals surface area contributed by atoms with Gasteiger partial charge < -0.3 is 0 Å². The molecule has 1 saturated carbocycles. The summed E-state index contributed by atoms with van der Waals surface area (Å²) in [5.74, 6) is 0.889. The van der Waals surface area contributed by atoms with Crippen LogP contribution in [-0.2, 0) is 35.8 Å². The number of hydrogen-bond acceptors (Lipinski definition) is 1. The smallest absolute Gasteiger partial charge is 0 e. The van der Waals surface area contributed by atoms with E-state index in [1.165, 1.54) is 0 Å². The zero-order chi connectivity index (χ0) is 15.0. The maximum absolute atomic E-state index is 11.1. The minimum absolute atomic E-state index is 0. The molecule has 0 radical (unpaired) electrons. The normalized spacial score (nSPS) is 15.9. The van der Waals surface area contributed by atoms with Gasteiger partial charge in [0, 0.05) is 29.9 Å². The SMILES string of the molecule is C=C(C)/C=C/C1CCCC(=O)C1.[C-]#[O+].[C-]#[O+].[C-]#[O+].[Fe].